The first kappa shape index (κ1) is 10.9. The second kappa shape index (κ2) is 4.92. The minimum Gasteiger partial charge on any atom is -0.460 e. The SMILES string of the molecule is O=C1CCC[C@@H]1C(=O)OCc1ccccc1. The van der Waals surface area contributed by atoms with Crippen molar-refractivity contribution in [3.63, 3.8) is 0 Å². The summed E-state index contributed by atoms with van der Waals surface area (Å²) in [6.45, 7) is 0.253. The predicted octanol–water partition coefficient (Wildman–Crippen LogP) is 2.10. The smallest absolute Gasteiger partial charge is 0.316 e. The van der Waals surface area contributed by atoms with Gasteiger partial charge in [0.1, 0.15) is 18.3 Å². The van der Waals surface area contributed by atoms with Gasteiger partial charge in [-0.3, -0.25) is 9.59 Å². The summed E-state index contributed by atoms with van der Waals surface area (Å²) < 4.78 is 5.12. The Balaban J connectivity index is 1.86. The molecule has 1 aromatic rings. The molecule has 0 saturated heterocycles. The zero-order valence-corrected chi connectivity index (χ0v) is 9.02. The molecule has 1 atom stereocenters. The molecular weight excluding hydrogens is 204 g/mol. The summed E-state index contributed by atoms with van der Waals surface area (Å²) >= 11 is 0. The Morgan fingerprint density at radius 2 is 2.06 bits per heavy atom. The molecule has 0 N–H and O–H groups in total. The number of benzene rings is 1. The van der Waals surface area contributed by atoms with E-state index in [1.54, 1.807) is 0 Å². The largest absolute Gasteiger partial charge is 0.460 e. The van der Waals surface area contributed by atoms with Crippen molar-refractivity contribution >= 4 is 11.8 Å². The van der Waals surface area contributed by atoms with Crippen LogP contribution >= 0.6 is 0 Å². The van der Waals surface area contributed by atoms with E-state index in [0.717, 1.165) is 12.0 Å². The number of esters is 1. The van der Waals surface area contributed by atoms with Crippen molar-refractivity contribution < 1.29 is 14.3 Å². The van der Waals surface area contributed by atoms with Crippen molar-refractivity contribution in [2.45, 2.75) is 25.9 Å². The summed E-state index contributed by atoms with van der Waals surface area (Å²) in [5.41, 5.74) is 0.946. The Hall–Kier alpha value is -1.64. The van der Waals surface area contributed by atoms with Crippen LogP contribution in [0.15, 0.2) is 30.3 Å². The molecule has 1 fully saturated rings. The highest BCUT2D eigenvalue weighted by atomic mass is 16.5. The molecule has 0 bridgehead atoms. The maximum absolute atomic E-state index is 11.6. The molecular formula is C13H14O3. The predicted molar refractivity (Wildman–Crippen MR) is 58.6 cm³/mol. The first-order valence-corrected chi connectivity index (χ1v) is 5.50. The van der Waals surface area contributed by atoms with Crippen LogP contribution in [0.5, 0.6) is 0 Å². The topological polar surface area (TPSA) is 43.4 Å². The molecule has 0 heterocycles. The highest BCUT2D eigenvalue weighted by molar-refractivity contribution is 6.00. The molecule has 0 amide bonds. The second-order valence-corrected chi connectivity index (χ2v) is 4.00. The highest BCUT2D eigenvalue weighted by Crippen LogP contribution is 2.22. The lowest BCUT2D eigenvalue weighted by molar-refractivity contribution is -0.152. The molecule has 3 heteroatoms. The summed E-state index contributed by atoms with van der Waals surface area (Å²) in [4.78, 5) is 22.9. The van der Waals surface area contributed by atoms with Gasteiger partial charge in [-0.1, -0.05) is 30.3 Å². The third kappa shape index (κ3) is 2.48. The van der Waals surface area contributed by atoms with E-state index in [-0.39, 0.29) is 18.4 Å². The van der Waals surface area contributed by atoms with E-state index in [1.807, 2.05) is 30.3 Å². The van der Waals surface area contributed by atoms with Gasteiger partial charge in [-0.2, -0.15) is 0 Å². The first-order chi connectivity index (χ1) is 7.77. The van der Waals surface area contributed by atoms with Gasteiger partial charge in [0.15, 0.2) is 0 Å². The molecule has 1 aliphatic carbocycles. The van der Waals surface area contributed by atoms with E-state index < -0.39 is 5.92 Å². The Bertz CT molecular complexity index is 383. The van der Waals surface area contributed by atoms with Crippen LogP contribution in [0, 0.1) is 5.92 Å². The maximum Gasteiger partial charge on any atom is 0.316 e. The van der Waals surface area contributed by atoms with Crippen molar-refractivity contribution in [3.05, 3.63) is 35.9 Å². The molecule has 0 aliphatic heterocycles. The van der Waals surface area contributed by atoms with Crippen molar-refractivity contribution in [1.82, 2.24) is 0 Å². The van der Waals surface area contributed by atoms with E-state index in [0.29, 0.717) is 12.8 Å². The van der Waals surface area contributed by atoms with Crippen molar-refractivity contribution in [1.29, 1.82) is 0 Å². The molecule has 0 spiro atoms. The molecule has 16 heavy (non-hydrogen) atoms. The van der Waals surface area contributed by atoms with Gasteiger partial charge >= 0.3 is 5.97 Å². The maximum atomic E-state index is 11.6. The van der Waals surface area contributed by atoms with Crippen LogP contribution < -0.4 is 0 Å². The Morgan fingerprint density at radius 3 is 2.69 bits per heavy atom. The Morgan fingerprint density at radius 1 is 1.31 bits per heavy atom. The average Bonchev–Trinajstić information content (AvgIpc) is 2.74. The summed E-state index contributed by atoms with van der Waals surface area (Å²) in [6.07, 6.45) is 1.97. The van der Waals surface area contributed by atoms with Crippen molar-refractivity contribution in [3.8, 4) is 0 Å². The van der Waals surface area contributed by atoms with Crippen molar-refractivity contribution in [2.75, 3.05) is 0 Å². The molecule has 1 aromatic carbocycles. The number of hydrogen-bond acceptors (Lipinski definition) is 3. The van der Waals surface area contributed by atoms with Crippen LogP contribution in [-0.2, 0) is 20.9 Å². The highest BCUT2D eigenvalue weighted by Gasteiger charge is 2.32. The number of carbonyl (C=O) groups excluding carboxylic acids is 2. The number of rotatable bonds is 3. The minimum absolute atomic E-state index is 0.0260. The first-order valence-electron chi connectivity index (χ1n) is 5.50. The van der Waals surface area contributed by atoms with Gasteiger partial charge in [-0.15, -0.1) is 0 Å². The lowest BCUT2D eigenvalue weighted by atomic mass is 10.1. The zero-order valence-electron chi connectivity index (χ0n) is 9.02. The van der Waals surface area contributed by atoms with E-state index >= 15 is 0 Å². The standard InChI is InChI=1S/C13H14O3/c14-12-8-4-7-11(12)13(15)16-9-10-5-2-1-3-6-10/h1-3,5-6,11H,4,7-9H2/t11-/m0/s1. The van der Waals surface area contributed by atoms with Crippen LogP contribution in [0.25, 0.3) is 0 Å². The van der Waals surface area contributed by atoms with Gasteiger partial charge in [0.25, 0.3) is 0 Å². The zero-order chi connectivity index (χ0) is 11.4. The van der Waals surface area contributed by atoms with Gasteiger partial charge in [0.2, 0.25) is 0 Å². The normalized spacial score (nSPS) is 19.8. The fraction of sp³-hybridized carbons (Fsp3) is 0.385. The number of hydrogen-bond donors (Lipinski definition) is 0. The molecule has 1 aliphatic rings. The van der Waals surface area contributed by atoms with E-state index in [1.165, 1.54) is 0 Å². The lowest BCUT2D eigenvalue weighted by Crippen LogP contribution is -2.21. The minimum atomic E-state index is -0.510. The van der Waals surface area contributed by atoms with Crippen LogP contribution in [-0.4, -0.2) is 11.8 Å². The van der Waals surface area contributed by atoms with Crippen LogP contribution in [0.2, 0.25) is 0 Å². The number of ketones is 1. The van der Waals surface area contributed by atoms with Crippen LogP contribution in [0.4, 0.5) is 0 Å². The number of Topliss-reactive ketones (excluding diaryl/α,β-unsaturated/α-hetero) is 1. The van der Waals surface area contributed by atoms with Gasteiger partial charge in [0, 0.05) is 6.42 Å². The van der Waals surface area contributed by atoms with Crippen molar-refractivity contribution in [2.24, 2.45) is 5.92 Å². The third-order valence-corrected chi connectivity index (χ3v) is 2.81. The number of carbonyl (C=O) groups is 2. The third-order valence-electron chi connectivity index (χ3n) is 2.81. The van der Waals surface area contributed by atoms with E-state index in [9.17, 15) is 9.59 Å². The number of ether oxygens (including phenoxy) is 1. The van der Waals surface area contributed by atoms with Crippen LogP contribution in [0.1, 0.15) is 24.8 Å². The van der Waals surface area contributed by atoms with E-state index in [4.69, 9.17) is 4.74 Å². The summed E-state index contributed by atoms with van der Waals surface area (Å²) in [7, 11) is 0. The van der Waals surface area contributed by atoms with Gasteiger partial charge < -0.3 is 4.74 Å². The molecule has 2 rings (SSSR count). The lowest BCUT2D eigenvalue weighted by Gasteiger charge is -2.08. The molecule has 84 valence electrons. The van der Waals surface area contributed by atoms with Gasteiger partial charge in [-0.25, -0.2) is 0 Å². The average molecular weight is 218 g/mol. The monoisotopic (exact) mass is 218 g/mol. The Labute approximate surface area is 94.4 Å². The molecule has 0 radical (unpaired) electrons. The second-order valence-electron chi connectivity index (χ2n) is 4.00. The van der Waals surface area contributed by atoms with Gasteiger partial charge in [-0.05, 0) is 18.4 Å². The fourth-order valence-electron chi connectivity index (χ4n) is 1.89. The molecule has 3 nitrogen and oxygen atoms in total. The van der Waals surface area contributed by atoms with Gasteiger partial charge in [0.05, 0.1) is 0 Å². The van der Waals surface area contributed by atoms with E-state index in [2.05, 4.69) is 0 Å². The summed E-state index contributed by atoms with van der Waals surface area (Å²) in [5, 5.41) is 0. The summed E-state index contributed by atoms with van der Waals surface area (Å²) in [5.74, 6) is -0.854. The fourth-order valence-corrected chi connectivity index (χ4v) is 1.89. The quantitative estimate of drug-likeness (QED) is 0.576. The molecule has 0 aromatic heterocycles. The molecule has 0 unspecified atom stereocenters. The summed E-state index contributed by atoms with van der Waals surface area (Å²) in [6, 6.07) is 9.48. The Kier molecular flexibility index (Phi) is 3.34. The molecule has 1 saturated carbocycles. The van der Waals surface area contributed by atoms with Crippen LogP contribution in [0.3, 0.4) is 0 Å².